The normalized spacial score (nSPS) is 10.4. The van der Waals surface area contributed by atoms with Gasteiger partial charge in [-0.3, -0.25) is 0 Å². The Morgan fingerprint density at radius 3 is 0.354 bits per heavy atom. The minimum absolute atomic E-state index is 0.615. The molecule has 6 radical (unpaired) electrons. The summed E-state index contributed by atoms with van der Waals surface area (Å²) in [6.07, 6.45) is 0. The molecule has 0 rings (SSSR count). The van der Waals surface area contributed by atoms with Crippen molar-refractivity contribution in [3.05, 3.63) is 0 Å². The van der Waals surface area contributed by atoms with Gasteiger partial charge in [-0.15, -0.1) is 0 Å². The lowest BCUT2D eigenvalue weighted by Gasteiger charge is -2.21. The number of hydrogen-bond acceptors (Lipinski definition) is 68. The predicted molar refractivity (Wildman–Crippen MR) is 487 cm³/mol. The summed E-state index contributed by atoms with van der Waals surface area (Å²) in [6.45, 7) is 8.54. The summed E-state index contributed by atoms with van der Waals surface area (Å²) in [6, 6.07) is 0. The molecule has 136 heteroatoms. The molecule has 0 fully saturated rings. The second-order valence-corrected chi connectivity index (χ2v) is 336. The highest BCUT2D eigenvalue weighted by Gasteiger charge is 2.64. The molecule has 144 heavy (non-hydrogen) atoms. The summed E-state index contributed by atoms with van der Waals surface area (Å²) >= 11 is 0. The minimum Gasteiger partial charge on any atom is -0.578 e. The largest absolute Gasteiger partial charge is 0.578 e. The molecule has 68 nitrogen and oxygen atoms in total. The van der Waals surface area contributed by atoms with Crippen LogP contribution in [0.2, 0.25) is 45.8 Å². The predicted octanol–water partition coefficient (Wildman–Crippen LogP) is -29.4. The molecular formula is C8H24O68Si68. The average Bonchev–Trinajstić information content (AvgIpc) is 0.810. The third-order valence-corrected chi connectivity index (χ3v) is 499. The van der Waals surface area contributed by atoms with E-state index in [0.717, 1.165) is 13.1 Å². The van der Waals surface area contributed by atoms with Crippen molar-refractivity contribution in [3.8, 4) is 0 Å². The molecule has 0 aliphatic rings. The standard InChI is InChI=1S/C8H24O68Si68/c1-71-77-80(9)74-143(5,6)72-78-83(12)87(16)91(20)95(24)99(28)103(32)105(34)102(31)98(27)94(23)90(19)86(15)82(11)76-144(7,8)73-79-84(13)88(17)92(21)96(25)100(29)104(33)107(36)109(38)111(40)113(42)115(44)117(46)119(48)121(50)123(52)125(54)127(56)129(58)131(60)133(62)135(64)137(66)139(68)141(70)140(69)138(67)136(65)134(63)132(61)130(59)128(57)126(55)124(53)122(51)120(49)118(47)116(45)114(43)112(41)110(39)108(37)106(35)101(30)97(26)93(22)89(18)85(14)81(10)75-142(2,3)4/h1-8H3. The summed E-state index contributed by atoms with van der Waals surface area (Å²) in [5, 5.41) is 0. The van der Waals surface area contributed by atoms with Gasteiger partial charge < -0.3 is 302 Å². The molecule has 0 saturated heterocycles. The van der Waals surface area contributed by atoms with Crippen molar-refractivity contribution in [1.82, 2.24) is 0 Å². The van der Waals surface area contributed by atoms with E-state index in [0.29, 0.717) is 0 Å². The van der Waals surface area contributed by atoms with E-state index in [-0.39, 0.29) is 0 Å². The van der Waals surface area contributed by atoms with Gasteiger partial charge in [-0.1, -0.05) is 0 Å². The van der Waals surface area contributed by atoms with Gasteiger partial charge in [-0.25, -0.2) is 0 Å². The van der Waals surface area contributed by atoms with E-state index in [2.05, 4.69) is 4.43 Å². The first-order valence-corrected chi connectivity index (χ1v) is 195. The van der Waals surface area contributed by atoms with Crippen molar-refractivity contribution in [2.45, 2.75) is 45.8 Å². The van der Waals surface area contributed by atoms with Crippen LogP contribution in [-0.2, 0) is 302 Å². The van der Waals surface area contributed by atoms with E-state index < -0.39 is 534 Å². The Kier molecular flexibility index (Phi) is 65.5. The maximum Gasteiger partial charge on any atom is 0.533 e. The quantitative estimate of drug-likeness (QED) is 0.0510. The van der Waals surface area contributed by atoms with Crippen LogP contribution in [-0.4, -0.2) is 541 Å². The van der Waals surface area contributed by atoms with Gasteiger partial charge in [0.05, 0.1) is 0 Å². The van der Waals surface area contributed by atoms with Crippen LogP contribution in [0.25, 0.3) is 0 Å². The van der Waals surface area contributed by atoms with Crippen LogP contribution < -0.4 is 0 Å². The monoisotopic (exact) mass is 3110 g/mol. The first-order valence-electron chi connectivity index (χ1n) is 34.3. The van der Waals surface area contributed by atoms with Gasteiger partial charge >= 0.3 is 507 Å². The van der Waals surface area contributed by atoms with Gasteiger partial charge in [0.15, 0.2) is 0 Å². The molecule has 0 unspecified atom stereocenters. The topological polar surface area (TPSA) is 1110 Å². The SMILES string of the molecule is CO[Si][Si](=O)O[Si](C)(C)O[Si][Si](=O)[Si](=O)[Si](=O)[Si](=O)[Si](=O)[Si](=O)[Si](=O)[Si](=O)[Si](=O)[Si](=O)[Si](=O)[Si](=O)[Si](=O)O[Si](C)(C)O[Si][Si](=O)[Si](=O)[Si](=O)[Si](=O)[Si](=O)[Si](=O)[Si](=O)[Si](=O)[Si](=O)[Si](=O)[Si](=O)[Si](=O)[Si](=O)[Si](=O)[Si](=O)[Si](=O)[Si](=O)[Si](=O)[Si](=O)[Si](=O)[Si](=O)[Si](=O)[Si](=O)[Si](=O)[Si](=O)[Si](=O)[Si](=O)[Si](=O)[Si](=O)[Si](=O)[Si](=O)[Si](=O)[Si](=O)[Si](=O)[Si](=O)[Si](=O)[Si](=O)[Si](=O)[Si](=O)[Si](=O)[Si](=O)[Si](=O)[Si](=O)[Si](=O)[Si](=O)[Si](=O)[Si](=O)[Si](=O)O[Si](C)(C)C. The summed E-state index contributed by atoms with van der Waals surface area (Å²) in [7, 11) is -303. The van der Waals surface area contributed by atoms with Crippen molar-refractivity contribution in [3.63, 3.8) is 0 Å². The Labute approximate surface area is 877 Å². The fourth-order valence-electron chi connectivity index (χ4n) is 7.25. The van der Waals surface area contributed by atoms with E-state index in [1.165, 1.54) is 39.8 Å². The second kappa shape index (κ2) is 64.8. The average molecular weight is 3120 g/mol. The molecule has 0 N–H and O–H groups in total. The molecule has 736 valence electrons. The molecule has 0 aliphatic carbocycles. The van der Waals surface area contributed by atoms with Gasteiger partial charge in [0.1, 0.15) is 0 Å². The smallest absolute Gasteiger partial charge is 0.533 e. The molecular weight excluding hydrogens is 3090 g/mol. The van der Waals surface area contributed by atoms with Crippen molar-refractivity contribution >= 4 is 534 Å². The van der Waals surface area contributed by atoms with Crippen molar-refractivity contribution < 1.29 is 302 Å². The van der Waals surface area contributed by atoms with Gasteiger partial charge in [-0.2, -0.15) is 0 Å². The summed E-state index contributed by atoms with van der Waals surface area (Å²) in [5.41, 5.74) is 0. The fourth-order valence-corrected chi connectivity index (χ4v) is 725. The van der Waals surface area contributed by atoms with Crippen LogP contribution in [0.4, 0.5) is 0 Å². The van der Waals surface area contributed by atoms with E-state index in [4.69, 9.17) is 20.6 Å². The molecule has 0 aromatic carbocycles. The molecule has 0 spiro atoms. The zero-order valence-electron chi connectivity index (χ0n) is 69.8. The number of hydrogen-bond donors (Lipinski definition) is 0. The zero-order chi connectivity index (χ0) is 114. The van der Waals surface area contributed by atoms with Crippen molar-refractivity contribution in [2.24, 2.45) is 0 Å². The molecule has 0 aliphatic heterocycles. The van der Waals surface area contributed by atoms with Crippen LogP contribution in [0.15, 0.2) is 0 Å². The first kappa shape index (κ1) is 146. The Morgan fingerprint density at radius 2 is 0.236 bits per heavy atom. The van der Waals surface area contributed by atoms with Crippen LogP contribution in [0.1, 0.15) is 0 Å². The summed E-state index contributed by atoms with van der Waals surface area (Å²) in [4.78, 5) is 0. The Balaban J connectivity index is 5.98. The van der Waals surface area contributed by atoms with E-state index in [1.54, 1.807) is 0 Å². The van der Waals surface area contributed by atoms with E-state index in [1.807, 2.05) is 0 Å². The molecule has 0 aromatic rings. The first-order chi connectivity index (χ1) is 65.4. The summed E-state index contributed by atoms with van der Waals surface area (Å²) < 4.78 is 829. The lowest BCUT2D eigenvalue weighted by molar-refractivity contribution is 0.381. The molecule has 0 atom stereocenters. The van der Waals surface area contributed by atoms with E-state index in [9.17, 15) is 277 Å². The van der Waals surface area contributed by atoms with Crippen LogP contribution in [0, 0.1) is 0 Å². The van der Waals surface area contributed by atoms with Gasteiger partial charge in [0.2, 0.25) is 8.32 Å². The highest BCUT2D eigenvalue weighted by Crippen LogP contribution is 2.08. The third kappa shape index (κ3) is 40.8. The molecule has 0 bridgehead atoms. The van der Waals surface area contributed by atoms with Crippen molar-refractivity contribution in [2.75, 3.05) is 7.11 Å². The van der Waals surface area contributed by atoms with Crippen LogP contribution >= 0.6 is 0 Å². The van der Waals surface area contributed by atoms with Gasteiger partial charge in [0, 0.05) is 7.11 Å². The highest BCUT2D eigenvalue weighted by atomic mass is 30.2. The maximum absolute atomic E-state index is 13.0. The van der Waals surface area contributed by atoms with Crippen LogP contribution in [0.3, 0.4) is 0 Å². The van der Waals surface area contributed by atoms with Crippen molar-refractivity contribution in [1.29, 1.82) is 0 Å². The Hall–Kier alpha value is 1.63. The van der Waals surface area contributed by atoms with Gasteiger partial charge in [0.25, 0.3) is 18.6 Å². The zero-order valence-corrected chi connectivity index (χ0v) is 138. The maximum atomic E-state index is 13.0. The molecule has 0 heterocycles. The van der Waals surface area contributed by atoms with Gasteiger partial charge in [-0.05, 0) is 45.8 Å². The fraction of sp³-hybridized carbons (Fsp3) is 1.00. The summed E-state index contributed by atoms with van der Waals surface area (Å²) in [5.74, 6) is 0. The molecule has 0 aromatic heterocycles. The third-order valence-electron chi connectivity index (χ3n) is 14.2. The van der Waals surface area contributed by atoms with E-state index >= 15 is 0 Å². The highest BCUT2D eigenvalue weighted by molar-refractivity contribution is 7.88. The lowest BCUT2D eigenvalue weighted by atomic mass is 11.8. The molecule has 0 amide bonds. The Morgan fingerprint density at radius 1 is 0.132 bits per heavy atom. The minimum atomic E-state index is -5.02. The second-order valence-electron chi connectivity index (χ2n) is 26.2. The number of rotatable bonds is 73. The Bertz CT molecular complexity index is 6800. The van der Waals surface area contributed by atoms with Crippen LogP contribution in [0.5, 0.6) is 0 Å². The lowest BCUT2D eigenvalue weighted by Crippen LogP contribution is -2.58. The molecule has 0 saturated carbocycles.